The summed E-state index contributed by atoms with van der Waals surface area (Å²) < 4.78 is 10.2. The van der Waals surface area contributed by atoms with Crippen molar-refractivity contribution in [2.75, 3.05) is 41.4 Å². The summed E-state index contributed by atoms with van der Waals surface area (Å²) in [4.78, 5) is 67.8. The number of ether oxygens (including phenoxy) is 2. The Balaban J connectivity index is 2.17. The lowest BCUT2D eigenvalue weighted by atomic mass is 9.53. The van der Waals surface area contributed by atoms with Crippen molar-refractivity contribution in [1.29, 1.82) is 0 Å². The number of esters is 2. The molecule has 0 radical (unpaired) electrons. The lowest BCUT2D eigenvalue weighted by Gasteiger charge is -2.60. The van der Waals surface area contributed by atoms with E-state index in [1.54, 1.807) is 11.9 Å². The summed E-state index contributed by atoms with van der Waals surface area (Å²) in [6.45, 7) is -0.441. The molecule has 2 aromatic carbocycles. The first-order valence-electron chi connectivity index (χ1n) is 11.6. The lowest BCUT2D eigenvalue weighted by molar-refractivity contribution is -0.386. The van der Waals surface area contributed by atoms with Gasteiger partial charge >= 0.3 is 11.9 Å². The Morgan fingerprint density at radius 2 is 1.18 bits per heavy atom. The predicted octanol–water partition coefficient (Wildman–Crippen LogP) is 2.06. The first-order chi connectivity index (χ1) is 18.0. The highest BCUT2D eigenvalue weighted by molar-refractivity contribution is 6.18. The van der Waals surface area contributed by atoms with E-state index in [0.29, 0.717) is 0 Å². The Bertz CT molecular complexity index is 1250. The molecule has 2 saturated heterocycles. The van der Waals surface area contributed by atoms with Crippen LogP contribution in [0.3, 0.4) is 0 Å². The summed E-state index contributed by atoms with van der Waals surface area (Å²) in [5.41, 5.74) is -4.87. The minimum Gasteiger partial charge on any atom is -0.468 e. The highest BCUT2D eigenvalue weighted by Gasteiger charge is 2.75. The summed E-state index contributed by atoms with van der Waals surface area (Å²) in [6, 6.07) is 8.64. The molecule has 2 aromatic rings. The van der Waals surface area contributed by atoms with Crippen LogP contribution in [0.25, 0.3) is 0 Å². The number of ketones is 1. The molecule has 0 spiro atoms. The van der Waals surface area contributed by atoms with Gasteiger partial charge < -0.3 is 14.4 Å². The second kappa shape index (κ2) is 9.58. The molecule has 13 heteroatoms. The summed E-state index contributed by atoms with van der Waals surface area (Å²) >= 11 is 0. The van der Waals surface area contributed by atoms with E-state index in [1.165, 1.54) is 60.5 Å². The molecule has 200 valence electrons. The third-order valence-electron chi connectivity index (χ3n) is 7.55. The molecule has 2 aliphatic heterocycles. The predicted molar refractivity (Wildman–Crippen MR) is 131 cm³/mol. The normalized spacial score (nSPS) is 27.4. The topological polar surface area (TPSA) is 162 Å². The zero-order valence-corrected chi connectivity index (χ0v) is 21.2. The average Bonchev–Trinajstić information content (AvgIpc) is 2.89. The highest BCUT2D eigenvalue weighted by Crippen LogP contribution is 2.61. The Hall–Kier alpha value is -4.23. The van der Waals surface area contributed by atoms with Gasteiger partial charge in [0.1, 0.15) is 0 Å². The van der Waals surface area contributed by atoms with Crippen molar-refractivity contribution in [1.82, 2.24) is 9.80 Å². The van der Waals surface area contributed by atoms with E-state index in [0.717, 1.165) is 14.2 Å². The van der Waals surface area contributed by atoms with Crippen LogP contribution in [0, 0.1) is 31.1 Å². The van der Waals surface area contributed by atoms with Crippen molar-refractivity contribution in [2.24, 2.45) is 10.8 Å². The van der Waals surface area contributed by atoms with Gasteiger partial charge in [-0.05, 0) is 14.1 Å². The molecule has 4 atom stereocenters. The van der Waals surface area contributed by atoms with Crippen LogP contribution in [0.4, 0.5) is 11.4 Å². The van der Waals surface area contributed by atoms with Crippen molar-refractivity contribution < 1.29 is 33.7 Å². The Morgan fingerprint density at radius 3 is 1.53 bits per heavy atom. The maximum absolute atomic E-state index is 14.7. The molecule has 2 aliphatic rings. The van der Waals surface area contributed by atoms with Crippen molar-refractivity contribution in [3.8, 4) is 0 Å². The van der Waals surface area contributed by atoms with Crippen LogP contribution in [-0.2, 0) is 23.9 Å². The maximum Gasteiger partial charge on any atom is 0.322 e. The average molecular weight is 527 g/mol. The number of fused-ring (bicyclic) bond motifs is 2. The van der Waals surface area contributed by atoms with Gasteiger partial charge in [0.25, 0.3) is 11.4 Å². The van der Waals surface area contributed by atoms with Crippen LogP contribution in [-0.4, -0.2) is 78.8 Å². The van der Waals surface area contributed by atoms with Gasteiger partial charge in [0.05, 0.1) is 36.1 Å². The molecule has 2 fully saturated rings. The standard InChI is InChI=1S/C25H26N4O9/c1-26-13-24(22(31)37-3)19(15-9-5-7-11-17(15)28(33)34)27(2)20(16-10-6-8-12-18(16)29(35)36)25(14-26,21(24)30)23(32)38-4/h5-12,19-20H,13-14H2,1-4H3/t19-,20+,24-,25+. The second-order valence-corrected chi connectivity index (χ2v) is 9.53. The molecule has 0 amide bonds. The summed E-state index contributed by atoms with van der Waals surface area (Å²) in [5, 5.41) is 24.1. The van der Waals surface area contributed by atoms with Gasteiger partial charge in [0.15, 0.2) is 16.6 Å². The Kier molecular flexibility index (Phi) is 6.76. The van der Waals surface area contributed by atoms with E-state index < -0.39 is 50.5 Å². The molecule has 0 unspecified atom stereocenters. The summed E-state index contributed by atoms with van der Waals surface area (Å²) in [5.74, 6) is -2.84. The highest BCUT2D eigenvalue weighted by atomic mass is 16.6. The molecule has 13 nitrogen and oxygen atoms in total. The molecule has 38 heavy (non-hydrogen) atoms. The zero-order valence-electron chi connectivity index (χ0n) is 21.2. The van der Waals surface area contributed by atoms with Gasteiger partial charge in [-0.15, -0.1) is 0 Å². The van der Waals surface area contributed by atoms with Gasteiger partial charge in [0, 0.05) is 36.3 Å². The number of nitrogens with zero attached hydrogens (tertiary/aromatic N) is 4. The molecule has 4 rings (SSSR count). The van der Waals surface area contributed by atoms with E-state index in [1.807, 2.05) is 0 Å². The van der Waals surface area contributed by atoms with Crippen molar-refractivity contribution >= 4 is 29.1 Å². The molecular formula is C25H26N4O9. The minimum absolute atomic E-state index is 0.0242. The number of carbonyl (C=O) groups excluding carboxylic acids is 3. The molecule has 0 N–H and O–H groups in total. The molecule has 2 bridgehead atoms. The number of nitro benzene ring substituents is 2. The Labute approximate surface area is 217 Å². The van der Waals surface area contributed by atoms with Gasteiger partial charge in [-0.3, -0.25) is 39.5 Å². The SMILES string of the molecule is COC(=O)[C@]12CN(C)C[C@](C(=O)OC)(C1=O)[C@@H](c1ccccc1[N+](=O)[O-])N(C)[C@H]2c1ccccc1[N+](=O)[O-]. The molecular weight excluding hydrogens is 500 g/mol. The van der Waals surface area contributed by atoms with Gasteiger partial charge in [0.2, 0.25) is 0 Å². The van der Waals surface area contributed by atoms with Gasteiger partial charge in [-0.2, -0.15) is 0 Å². The number of carbonyl (C=O) groups is 3. The number of hydrogen-bond donors (Lipinski definition) is 0. The van der Waals surface area contributed by atoms with E-state index in [-0.39, 0.29) is 35.6 Å². The quantitative estimate of drug-likeness (QED) is 0.234. The van der Waals surface area contributed by atoms with E-state index >= 15 is 0 Å². The van der Waals surface area contributed by atoms with Crippen molar-refractivity contribution in [2.45, 2.75) is 12.1 Å². The molecule has 0 aliphatic carbocycles. The number of likely N-dealkylation sites (tertiary alicyclic amines) is 2. The largest absolute Gasteiger partial charge is 0.468 e. The number of para-hydroxylation sites is 2. The van der Waals surface area contributed by atoms with E-state index in [2.05, 4.69) is 0 Å². The number of piperidine rings is 2. The number of benzene rings is 2. The third-order valence-corrected chi connectivity index (χ3v) is 7.55. The number of rotatable bonds is 6. The Morgan fingerprint density at radius 1 is 0.816 bits per heavy atom. The zero-order chi connectivity index (χ0) is 28.0. The fourth-order valence-corrected chi connectivity index (χ4v) is 6.36. The summed E-state index contributed by atoms with van der Waals surface area (Å²) in [6.07, 6.45) is 0. The van der Waals surface area contributed by atoms with Crippen LogP contribution in [0.1, 0.15) is 23.2 Å². The first kappa shape index (κ1) is 26.8. The van der Waals surface area contributed by atoms with E-state index in [9.17, 15) is 34.6 Å². The second-order valence-electron chi connectivity index (χ2n) is 9.53. The van der Waals surface area contributed by atoms with Crippen molar-refractivity contribution in [3.05, 3.63) is 79.9 Å². The van der Waals surface area contributed by atoms with Gasteiger partial charge in [-0.25, -0.2) is 0 Å². The molecule has 2 heterocycles. The molecule has 0 aromatic heterocycles. The number of hydrogen-bond acceptors (Lipinski definition) is 11. The van der Waals surface area contributed by atoms with E-state index in [4.69, 9.17) is 9.47 Å². The fraction of sp³-hybridized carbons (Fsp3) is 0.400. The fourth-order valence-electron chi connectivity index (χ4n) is 6.36. The number of nitro groups is 2. The van der Waals surface area contributed by atoms with Crippen LogP contribution in [0.5, 0.6) is 0 Å². The smallest absolute Gasteiger partial charge is 0.322 e. The number of Topliss-reactive ketones (excluding diaryl/α,β-unsaturated/α-hetero) is 1. The summed E-state index contributed by atoms with van der Waals surface area (Å²) in [7, 11) is 5.24. The van der Waals surface area contributed by atoms with Crippen LogP contribution < -0.4 is 0 Å². The molecule has 0 saturated carbocycles. The van der Waals surface area contributed by atoms with Gasteiger partial charge in [-0.1, -0.05) is 36.4 Å². The lowest BCUT2D eigenvalue weighted by Crippen LogP contribution is -2.75. The third kappa shape index (κ3) is 3.57. The minimum atomic E-state index is -2.10. The van der Waals surface area contributed by atoms with Crippen LogP contribution in [0.2, 0.25) is 0 Å². The van der Waals surface area contributed by atoms with Crippen molar-refractivity contribution in [3.63, 3.8) is 0 Å². The van der Waals surface area contributed by atoms with Crippen LogP contribution in [0.15, 0.2) is 48.5 Å². The number of methoxy groups -OCH3 is 2. The monoisotopic (exact) mass is 526 g/mol. The first-order valence-corrected chi connectivity index (χ1v) is 11.6. The van der Waals surface area contributed by atoms with Crippen LogP contribution >= 0.6 is 0 Å². The maximum atomic E-state index is 14.7.